The van der Waals surface area contributed by atoms with Gasteiger partial charge >= 0.3 is 0 Å². The molecule has 0 aromatic carbocycles. The summed E-state index contributed by atoms with van der Waals surface area (Å²) in [4.78, 5) is 0. The maximum atomic E-state index is 5.77. The second-order valence-corrected chi connectivity index (χ2v) is 6.65. The summed E-state index contributed by atoms with van der Waals surface area (Å²) in [7, 11) is 0. The van der Waals surface area contributed by atoms with Crippen LogP contribution in [0, 0.1) is 29.1 Å². The molecule has 1 heterocycles. The van der Waals surface area contributed by atoms with Gasteiger partial charge in [0.2, 0.25) is 0 Å². The lowest BCUT2D eigenvalue weighted by Crippen LogP contribution is -2.40. The fraction of sp³-hybridized carbons (Fsp3) is 1.00. The predicted molar refractivity (Wildman–Crippen MR) is 66.2 cm³/mol. The van der Waals surface area contributed by atoms with Crippen LogP contribution in [0.1, 0.15) is 53.4 Å². The Balaban J connectivity index is 0.000000386. The molecule has 1 saturated heterocycles. The third-order valence-corrected chi connectivity index (χ3v) is 5.97. The first-order valence-electron chi connectivity index (χ1n) is 7.33. The van der Waals surface area contributed by atoms with Gasteiger partial charge in [-0.15, -0.1) is 0 Å². The standard InChI is InChI=1S/C13H20O.C2H6/c1-13(2)8-3-4-9(13)11-7(5-8)6-10-12(11)14-10;1-2/h7-12H,3-6H2,1-2H3;1-2H3. The molecule has 0 spiro atoms. The molecule has 0 aromatic rings. The van der Waals surface area contributed by atoms with Gasteiger partial charge in [-0.05, 0) is 54.8 Å². The number of fused-ring (bicyclic) bond motifs is 6. The summed E-state index contributed by atoms with van der Waals surface area (Å²) in [5, 5.41) is 0. The first-order valence-corrected chi connectivity index (χ1v) is 7.33. The molecule has 3 aliphatic carbocycles. The molecular weight excluding hydrogens is 196 g/mol. The molecule has 0 radical (unpaired) electrons. The average Bonchev–Trinajstić information content (AvgIpc) is 2.91. The van der Waals surface area contributed by atoms with Crippen LogP contribution >= 0.6 is 0 Å². The van der Waals surface area contributed by atoms with E-state index in [1.165, 1.54) is 25.7 Å². The highest BCUT2D eigenvalue weighted by Gasteiger charge is 2.64. The summed E-state index contributed by atoms with van der Waals surface area (Å²) in [6, 6.07) is 0. The fourth-order valence-corrected chi connectivity index (χ4v) is 5.12. The van der Waals surface area contributed by atoms with Gasteiger partial charge in [0.15, 0.2) is 0 Å². The summed E-state index contributed by atoms with van der Waals surface area (Å²) < 4.78 is 5.77. The highest BCUT2D eigenvalue weighted by atomic mass is 16.6. The zero-order valence-corrected chi connectivity index (χ0v) is 11.2. The lowest BCUT2D eigenvalue weighted by atomic mass is 9.60. The molecule has 3 saturated carbocycles. The van der Waals surface area contributed by atoms with E-state index >= 15 is 0 Å². The predicted octanol–water partition coefficient (Wildman–Crippen LogP) is 3.87. The average molecular weight is 222 g/mol. The Kier molecular flexibility index (Phi) is 2.41. The quantitative estimate of drug-likeness (QED) is 0.567. The third-order valence-electron chi connectivity index (χ3n) is 5.97. The smallest absolute Gasteiger partial charge is 0.0875 e. The fourth-order valence-electron chi connectivity index (χ4n) is 5.12. The molecular formula is C15H26O. The monoisotopic (exact) mass is 222 g/mol. The molecule has 1 nitrogen and oxygen atoms in total. The number of ether oxygens (including phenoxy) is 1. The number of epoxide rings is 1. The highest BCUT2D eigenvalue weighted by Crippen LogP contribution is 2.66. The molecule has 4 aliphatic rings. The van der Waals surface area contributed by atoms with Crippen molar-refractivity contribution < 1.29 is 4.74 Å². The second kappa shape index (κ2) is 3.48. The maximum absolute atomic E-state index is 5.77. The van der Waals surface area contributed by atoms with Crippen LogP contribution in [0.2, 0.25) is 0 Å². The molecule has 16 heavy (non-hydrogen) atoms. The van der Waals surface area contributed by atoms with E-state index in [9.17, 15) is 0 Å². The van der Waals surface area contributed by atoms with Crippen LogP contribution < -0.4 is 0 Å². The second-order valence-electron chi connectivity index (χ2n) is 6.65. The van der Waals surface area contributed by atoms with Crippen LogP contribution in [0.4, 0.5) is 0 Å². The topological polar surface area (TPSA) is 12.5 Å². The van der Waals surface area contributed by atoms with Crippen molar-refractivity contribution in [2.75, 3.05) is 0 Å². The van der Waals surface area contributed by atoms with E-state index in [0.717, 1.165) is 23.7 Å². The van der Waals surface area contributed by atoms with Gasteiger partial charge in [-0.2, -0.15) is 0 Å². The van der Waals surface area contributed by atoms with E-state index in [2.05, 4.69) is 13.8 Å². The first kappa shape index (κ1) is 11.1. The minimum Gasteiger partial charge on any atom is -0.369 e. The van der Waals surface area contributed by atoms with Gasteiger partial charge in [0.1, 0.15) is 0 Å². The molecule has 0 N–H and O–H groups in total. The van der Waals surface area contributed by atoms with E-state index < -0.39 is 0 Å². The largest absolute Gasteiger partial charge is 0.369 e. The summed E-state index contributed by atoms with van der Waals surface area (Å²) in [6.07, 6.45) is 7.31. The molecule has 4 fully saturated rings. The van der Waals surface area contributed by atoms with E-state index in [-0.39, 0.29) is 0 Å². The maximum Gasteiger partial charge on any atom is 0.0875 e. The van der Waals surface area contributed by atoms with Crippen molar-refractivity contribution in [3.63, 3.8) is 0 Å². The Bertz CT molecular complexity index is 283. The molecule has 1 heteroatoms. The Morgan fingerprint density at radius 1 is 1.06 bits per heavy atom. The minimum absolute atomic E-state index is 0.627. The minimum atomic E-state index is 0.627. The molecule has 0 amide bonds. The molecule has 4 rings (SSSR count). The zero-order chi connectivity index (χ0) is 11.5. The first-order chi connectivity index (χ1) is 7.68. The van der Waals surface area contributed by atoms with Crippen LogP contribution in [0.5, 0.6) is 0 Å². The van der Waals surface area contributed by atoms with Crippen LogP contribution in [-0.4, -0.2) is 12.2 Å². The van der Waals surface area contributed by atoms with Gasteiger partial charge in [0, 0.05) is 0 Å². The Hall–Kier alpha value is -0.0400. The van der Waals surface area contributed by atoms with Crippen molar-refractivity contribution in [2.24, 2.45) is 29.1 Å². The van der Waals surface area contributed by atoms with Crippen LogP contribution in [0.25, 0.3) is 0 Å². The van der Waals surface area contributed by atoms with Crippen molar-refractivity contribution >= 4 is 0 Å². The molecule has 92 valence electrons. The van der Waals surface area contributed by atoms with Crippen LogP contribution in [0.15, 0.2) is 0 Å². The van der Waals surface area contributed by atoms with Gasteiger partial charge in [-0.1, -0.05) is 27.7 Å². The van der Waals surface area contributed by atoms with Gasteiger partial charge in [-0.3, -0.25) is 0 Å². The summed E-state index contributed by atoms with van der Waals surface area (Å²) in [6.45, 7) is 9.03. The van der Waals surface area contributed by atoms with E-state index in [4.69, 9.17) is 4.74 Å². The summed E-state index contributed by atoms with van der Waals surface area (Å²) >= 11 is 0. The van der Waals surface area contributed by atoms with Crippen molar-refractivity contribution in [2.45, 2.75) is 65.6 Å². The Morgan fingerprint density at radius 3 is 2.56 bits per heavy atom. The van der Waals surface area contributed by atoms with Crippen molar-refractivity contribution in [1.29, 1.82) is 0 Å². The van der Waals surface area contributed by atoms with Crippen molar-refractivity contribution in [3.05, 3.63) is 0 Å². The highest BCUT2D eigenvalue weighted by molar-refractivity contribution is 5.12. The van der Waals surface area contributed by atoms with Gasteiger partial charge in [0.05, 0.1) is 12.2 Å². The molecule has 6 unspecified atom stereocenters. The van der Waals surface area contributed by atoms with Gasteiger partial charge in [-0.25, -0.2) is 0 Å². The summed E-state index contributed by atoms with van der Waals surface area (Å²) in [5.41, 5.74) is 0.627. The molecule has 1 aliphatic heterocycles. The molecule has 0 aromatic heterocycles. The molecule has 2 bridgehead atoms. The number of hydrogen-bond donors (Lipinski definition) is 0. The van der Waals surface area contributed by atoms with E-state index in [0.29, 0.717) is 17.6 Å². The third kappa shape index (κ3) is 1.27. The van der Waals surface area contributed by atoms with Crippen molar-refractivity contribution in [1.82, 2.24) is 0 Å². The van der Waals surface area contributed by atoms with Crippen molar-refractivity contribution in [3.8, 4) is 0 Å². The number of rotatable bonds is 0. The van der Waals surface area contributed by atoms with E-state index in [1.807, 2.05) is 13.8 Å². The van der Waals surface area contributed by atoms with Crippen LogP contribution in [-0.2, 0) is 4.74 Å². The molecule has 6 atom stereocenters. The van der Waals surface area contributed by atoms with Gasteiger partial charge < -0.3 is 4.74 Å². The summed E-state index contributed by atoms with van der Waals surface area (Å²) in [5.74, 6) is 4.02. The van der Waals surface area contributed by atoms with Gasteiger partial charge in [0.25, 0.3) is 0 Å². The van der Waals surface area contributed by atoms with E-state index in [1.54, 1.807) is 0 Å². The Labute approximate surface area is 99.9 Å². The van der Waals surface area contributed by atoms with Crippen LogP contribution in [0.3, 0.4) is 0 Å². The number of hydrogen-bond acceptors (Lipinski definition) is 1. The normalized spacial score (nSPS) is 54.8. The lowest BCUT2D eigenvalue weighted by molar-refractivity contribution is 0.00592. The lowest BCUT2D eigenvalue weighted by Gasteiger charge is -2.45. The zero-order valence-electron chi connectivity index (χ0n) is 11.2. The SMILES string of the molecule is CC.CC1(C)C2CCC1C1C(CC3OC31)C2. The Morgan fingerprint density at radius 2 is 1.81 bits per heavy atom.